The topological polar surface area (TPSA) is 77.2 Å². The van der Waals surface area contributed by atoms with Crippen LogP contribution in [-0.4, -0.2) is 38.8 Å². The van der Waals surface area contributed by atoms with E-state index in [0.717, 1.165) is 25.7 Å². The van der Waals surface area contributed by atoms with Gasteiger partial charge in [0.25, 0.3) is 0 Å². The molecule has 6 heteroatoms. The van der Waals surface area contributed by atoms with Crippen LogP contribution in [0.15, 0.2) is 0 Å². The van der Waals surface area contributed by atoms with Gasteiger partial charge in [-0.25, -0.2) is 9.48 Å². The van der Waals surface area contributed by atoms with E-state index < -0.39 is 12.1 Å². The zero-order valence-corrected chi connectivity index (χ0v) is 10.8. The highest BCUT2D eigenvalue weighted by Gasteiger charge is 2.29. The molecule has 1 saturated carbocycles. The molecule has 0 saturated heterocycles. The zero-order valence-electron chi connectivity index (χ0n) is 10.8. The van der Waals surface area contributed by atoms with Crippen LogP contribution in [0.25, 0.3) is 0 Å². The fraction of sp³-hybridized carbons (Fsp3) is 0.750. The number of rotatable bonds is 3. The van der Waals surface area contributed by atoms with Crippen LogP contribution in [0.4, 0.5) is 0 Å². The molecule has 0 amide bonds. The minimum absolute atomic E-state index is 0.0746. The second-order valence-electron chi connectivity index (χ2n) is 4.61. The third kappa shape index (κ3) is 2.38. The summed E-state index contributed by atoms with van der Waals surface area (Å²) in [5, 5.41) is 17.9. The summed E-state index contributed by atoms with van der Waals surface area (Å²) in [6, 6.07) is -0.0746. The van der Waals surface area contributed by atoms with E-state index in [4.69, 9.17) is 4.74 Å². The van der Waals surface area contributed by atoms with Gasteiger partial charge in [-0.15, -0.1) is 5.10 Å². The number of ether oxygens (including phenoxy) is 1. The standard InChI is InChI=1S/C12H19N3O3/c1-3-18-12(17)11-8(2)15(14-13-11)9-6-4-5-7-10(9)16/h9-10,16H,3-7H2,1-2H3. The highest BCUT2D eigenvalue weighted by molar-refractivity contribution is 5.88. The zero-order chi connectivity index (χ0) is 13.1. The summed E-state index contributed by atoms with van der Waals surface area (Å²) in [5.41, 5.74) is 0.911. The van der Waals surface area contributed by atoms with Crippen LogP contribution in [-0.2, 0) is 4.74 Å². The Kier molecular flexibility index (Phi) is 3.96. The molecule has 1 aliphatic rings. The highest BCUT2D eigenvalue weighted by Crippen LogP contribution is 2.29. The van der Waals surface area contributed by atoms with Crippen molar-refractivity contribution in [1.82, 2.24) is 15.0 Å². The molecule has 2 unspecified atom stereocenters. The summed E-state index contributed by atoms with van der Waals surface area (Å²) in [5.74, 6) is -0.452. The Balaban J connectivity index is 2.22. The van der Waals surface area contributed by atoms with E-state index in [-0.39, 0.29) is 11.7 Å². The van der Waals surface area contributed by atoms with Crippen LogP contribution in [0.3, 0.4) is 0 Å². The van der Waals surface area contributed by atoms with Crippen molar-refractivity contribution >= 4 is 5.97 Å². The van der Waals surface area contributed by atoms with Crippen LogP contribution >= 0.6 is 0 Å². The van der Waals surface area contributed by atoms with Crippen molar-refractivity contribution in [2.45, 2.75) is 51.7 Å². The summed E-state index contributed by atoms with van der Waals surface area (Å²) < 4.78 is 6.58. The molecule has 2 atom stereocenters. The average Bonchev–Trinajstić information content (AvgIpc) is 2.72. The van der Waals surface area contributed by atoms with Crippen molar-refractivity contribution in [1.29, 1.82) is 0 Å². The maximum atomic E-state index is 11.6. The van der Waals surface area contributed by atoms with Crippen molar-refractivity contribution in [3.63, 3.8) is 0 Å². The number of esters is 1. The smallest absolute Gasteiger partial charge is 0.360 e. The van der Waals surface area contributed by atoms with Crippen molar-refractivity contribution in [3.05, 3.63) is 11.4 Å². The lowest BCUT2D eigenvalue weighted by Gasteiger charge is -2.28. The van der Waals surface area contributed by atoms with Gasteiger partial charge >= 0.3 is 5.97 Å². The molecule has 1 aromatic heterocycles. The summed E-state index contributed by atoms with van der Waals surface area (Å²) >= 11 is 0. The number of carbonyl (C=O) groups is 1. The monoisotopic (exact) mass is 253 g/mol. The number of hydrogen-bond donors (Lipinski definition) is 1. The van der Waals surface area contributed by atoms with E-state index >= 15 is 0 Å². The number of aromatic nitrogens is 3. The first-order chi connectivity index (χ1) is 8.65. The van der Waals surface area contributed by atoms with Crippen LogP contribution < -0.4 is 0 Å². The molecule has 18 heavy (non-hydrogen) atoms. The third-order valence-electron chi connectivity index (χ3n) is 3.40. The van der Waals surface area contributed by atoms with Gasteiger partial charge in [0.05, 0.1) is 24.4 Å². The Morgan fingerprint density at radius 1 is 1.50 bits per heavy atom. The van der Waals surface area contributed by atoms with Crippen LogP contribution in [0.5, 0.6) is 0 Å². The lowest BCUT2D eigenvalue weighted by molar-refractivity contribution is 0.0516. The van der Waals surface area contributed by atoms with Gasteiger partial charge in [-0.3, -0.25) is 0 Å². The largest absolute Gasteiger partial charge is 0.461 e. The molecule has 0 radical (unpaired) electrons. The summed E-state index contributed by atoms with van der Waals surface area (Å²) in [6.07, 6.45) is 3.34. The molecule has 1 fully saturated rings. The lowest BCUT2D eigenvalue weighted by Crippen LogP contribution is -2.29. The van der Waals surface area contributed by atoms with E-state index in [1.54, 1.807) is 18.5 Å². The van der Waals surface area contributed by atoms with Crippen LogP contribution in [0.2, 0.25) is 0 Å². The molecule has 1 aliphatic carbocycles. The Hall–Kier alpha value is -1.43. The Labute approximate surface area is 106 Å². The fourth-order valence-electron chi connectivity index (χ4n) is 2.42. The maximum Gasteiger partial charge on any atom is 0.360 e. The third-order valence-corrected chi connectivity index (χ3v) is 3.40. The first kappa shape index (κ1) is 13.0. The highest BCUT2D eigenvalue weighted by atomic mass is 16.5. The molecule has 0 aromatic carbocycles. The van der Waals surface area contributed by atoms with Gasteiger partial charge in [0.2, 0.25) is 0 Å². The molecule has 1 aromatic rings. The summed E-state index contributed by atoms with van der Waals surface area (Å²) in [7, 11) is 0. The minimum Gasteiger partial charge on any atom is -0.461 e. The molecule has 0 aliphatic heterocycles. The van der Waals surface area contributed by atoms with Crippen LogP contribution in [0, 0.1) is 6.92 Å². The second-order valence-corrected chi connectivity index (χ2v) is 4.61. The van der Waals surface area contributed by atoms with E-state index in [2.05, 4.69) is 10.3 Å². The summed E-state index contributed by atoms with van der Waals surface area (Å²) in [4.78, 5) is 11.6. The molecule has 0 spiro atoms. The first-order valence-corrected chi connectivity index (χ1v) is 6.42. The minimum atomic E-state index is -0.452. The van der Waals surface area contributed by atoms with Crippen LogP contribution in [0.1, 0.15) is 54.8 Å². The molecule has 100 valence electrons. The molecular formula is C12H19N3O3. The van der Waals surface area contributed by atoms with Gasteiger partial charge in [0.15, 0.2) is 5.69 Å². The number of aliphatic hydroxyl groups is 1. The first-order valence-electron chi connectivity index (χ1n) is 6.42. The van der Waals surface area contributed by atoms with Gasteiger partial charge in [0, 0.05) is 0 Å². The number of aliphatic hydroxyl groups excluding tert-OH is 1. The number of nitrogens with zero attached hydrogens (tertiary/aromatic N) is 3. The predicted octanol–water partition coefficient (Wildman–Crippen LogP) is 1.24. The summed E-state index contributed by atoms with van der Waals surface area (Å²) in [6.45, 7) is 3.85. The average molecular weight is 253 g/mol. The SMILES string of the molecule is CCOC(=O)c1nnn(C2CCCCC2O)c1C. The van der Waals surface area contributed by atoms with Gasteiger partial charge in [-0.1, -0.05) is 18.1 Å². The van der Waals surface area contributed by atoms with Gasteiger partial charge in [-0.2, -0.15) is 0 Å². The second kappa shape index (κ2) is 5.48. The number of hydrogen-bond acceptors (Lipinski definition) is 5. The molecular weight excluding hydrogens is 234 g/mol. The fourth-order valence-corrected chi connectivity index (χ4v) is 2.42. The molecule has 1 heterocycles. The van der Waals surface area contributed by atoms with Crippen molar-refractivity contribution in [2.75, 3.05) is 6.61 Å². The van der Waals surface area contributed by atoms with Gasteiger partial charge < -0.3 is 9.84 Å². The molecule has 0 bridgehead atoms. The Morgan fingerprint density at radius 2 is 2.22 bits per heavy atom. The van der Waals surface area contributed by atoms with Crippen molar-refractivity contribution in [2.24, 2.45) is 0 Å². The van der Waals surface area contributed by atoms with E-state index in [0.29, 0.717) is 12.3 Å². The number of carbonyl (C=O) groups excluding carboxylic acids is 1. The molecule has 1 N–H and O–H groups in total. The van der Waals surface area contributed by atoms with Gasteiger partial charge in [-0.05, 0) is 26.7 Å². The quantitative estimate of drug-likeness (QED) is 0.820. The predicted molar refractivity (Wildman–Crippen MR) is 64.2 cm³/mol. The Bertz CT molecular complexity index is 430. The van der Waals surface area contributed by atoms with E-state index in [9.17, 15) is 9.90 Å². The lowest BCUT2D eigenvalue weighted by atomic mass is 9.92. The Morgan fingerprint density at radius 3 is 2.89 bits per heavy atom. The van der Waals surface area contributed by atoms with E-state index in [1.165, 1.54) is 0 Å². The van der Waals surface area contributed by atoms with Crippen molar-refractivity contribution in [3.8, 4) is 0 Å². The van der Waals surface area contributed by atoms with Gasteiger partial charge in [0.1, 0.15) is 0 Å². The molecule has 6 nitrogen and oxygen atoms in total. The van der Waals surface area contributed by atoms with Crippen molar-refractivity contribution < 1.29 is 14.6 Å². The maximum absolute atomic E-state index is 11.6. The van der Waals surface area contributed by atoms with E-state index in [1.807, 2.05) is 0 Å². The normalized spacial score (nSPS) is 23.9. The molecule has 2 rings (SSSR count).